The molecular formula is C28H26N2O4S. The quantitative estimate of drug-likeness (QED) is 0.328. The number of amides is 1. The van der Waals surface area contributed by atoms with Gasteiger partial charge < -0.3 is 10.1 Å². The summed E-state index contributed by atoms with van der Waals surface area (Å²) in [7, 11) is -3.78. The van der Waals surface area contributed by atoms with Gasteiger partial charge in [-0.1, -0.05) is 48.5 Å². The standard InChI is InChI=1S/C28H26N2O4S/c1-2-34-26-19-17-24(18-20-26)29-28(31)23-15-13-22(14-16-23)21-30(25-9-5-3-6-10-25)35(32,33)27-11-7-4-8-12-27/h3-20H,2,21H2,1H3,(H,29,31). The van der Waals surface area contributed by atoms with Crippen LogP contribution < -0.4 is 14.4 Å². The molecule has 0 aliphatic carbocycles. The molecule has 4 aromatic rings. The molecule has 1 N–H and O–H groups in total. The first kappa shape index (κ1) is 24.0. The van der Waals surface area contributed by atoms with Gasteiger partial charge in [0, 0.05) is 11.3 Å². The van der Waals surface area contributed by atoms with Gasteiger partial charge in [-0.2, -0.15) is 0 Å². The van der Waals surface area contributed by atoms with Crippen molar-refractivity contribution >= 4 is 27.3 Å². The second-order valence-electron chi connectivity index (χ2n) is 7.77. The Labute approximate surface area is 205 Å². The Morgan fingerprint density at radius 3 is 2.00 bits per heavy atom. The number of hydrogen-bond donors (Lipinski definition) is 1. The molecule has 0 aliphatic heterocycles. The van der Waals surface area contributed by atoms with Crippen LogP contribution in [0, 0.1) is 0 Å². The summed E-state index contributed by atoms with van der Waals surface area (Å²) in [4.78, 5) is 12.9. The minimum absolute atomic E-state index is 0.127. The van der Waals surface area contributed by atoms with Crippen molar-refractivity contribution in [2.75, 3.05) is 16.2 Å². The fraction of sp³-hybridized carbons (Fsp3) is 0.107. The first-order chi connectivity index (χ1) is 17.0. The van der Waals surface area contributed by atoms with Gasteiger partial charge in [0.05, 0.1) is 23.7 Å². The first-order valence-electron chi connectivity index (χ1n) is 11.2. The van der Waals surface area contributed by atoms with Gasteiger partial charge in [-0.15, -0.1) is 0 Å². The lowest BCUT2D eigenvalue weighted by Gasteiger charge is -2.25. The van der Waals surface area contributed by atoms with Crippen LogP contribution >= 0.6 is 0 Å². The number of carbonyl (C=O) groups excluding carboxylic acids is 1. The molecule has 4 rings (SSSR count). The minimum atomic E-state index is -3.78. The predicted octanol–water partition coefficient (Wildman–Crippen LogP) is 5.73. The van der Waals surface area contributed by atoms with Crippen LogP contribution in [0.15, 0.2) is 114 Å². The van der Waals surface area contributed by atoms with E-state index in [0.717, 1.165) is 11.3 Å². The van der Waals surface area contributed by atoms with Gasteiger partial charge in [0.15, 0.2) is 0 Å². The topological polar surface area (TPSA) is 75.7 Å². The monoisotopic (exact) mass is 486 g/mol. The van der Waals surface area contributed by atoms with Crippen molar-refractivity contribution in [1.82, 2.24) is 0 Å². The Morgan fingerprint density at radius 2 is 1.40 bits per heavy atom. The van der Waals surface area contributed by atoms with E-state index < -0.39 is 10.0 Å². The zero-order chi connectivity index (χ0) is 24.7. The van der Waals surface area contributed by atoms with Crippen LogP contribution in [0.1, 0.15) is 22.8 Å². The van der Waals surface area contributed by atoms with E-state index >= 15 is 0 Å². The van der Waals surface area contributed by atoms with Crippen LogP contribution in [-0.4, -0.2) is 20.9 Å². The van der Waals surface area contributed by atoms with Crippen LogP contribution in [0.4, 0.5) is 11.4 Å². The lowest BCUT2D eigenvalue weighted by molar-refractivity contribution is 0.102. The van der Waals surface area contributed by atoms with Crippen LogP contribution in [0.2, 0.25) is 0 Å². The lowest BCUT2D eigenvalue weighted by Crippen LogP contribution is -2.30. The van der Waals surface area contributed by atoms with Crippen LogP contribution in [-0.2, 0) is 16.6 Å². The summed E-state index contributed by atoms with van der Waals surface area (Å²) in [5.41, 5.74) is 2.45. The van der Waals surface area contributed by atoms with E-state index in [1.807, 2.05) is 13.0 Å². The number of anilines is 2. The van der Waals surface area contributed by atoms with E-state index in [1.54, 1.807) is 103 Å². The number of hydrogen-bond acceptors (Lipinski definition) is 4. The molecule has 0 heterocycles. The van der Waals surface area contributed by atoms with E-state index in [-0.39, 0.29) is 17.3 Å². The Morgan fingerprint density at radius 1 is 0.800 bits per heavy atom. The second-order valence-corrected chi connectivity index (χ2v) is 9.63. The first-order valence-corrected chi connectivity index (χ1v) is 12.7. The van der Waals surface area contributed by atoms with Crippen molar-refractivity contribution in [3.63, 3.8) is 0 Å². The van der Waals surface area contributed by atoms with E-state index in [4.69, 9.17) is 4.74 Å². The molecule has 0 atom stereocenters. The highest BCUT2D eigenvalue weighted by Crippen LogP contribution is 2.26. The van der Waals surface area contributed by atoms with Gasteiger partial charge in [-0.3, -0.25) is 9.10 Å². The van der Waals surface area contributed by atoms with Crippen molar-refractivity contribution in [3.05, 3.63) is 120 Å². The normalized spacial score (nSPS) is 11.0. The fourth-order valence-corrected chi connectivity index (χ4v) is 5.03. The molecule has 35 heavy (non-hydrogen) atoms. The Balaban J connectivity index is 1.52. The number of carbonyl (C=O) groups is 1. The summed E-state index contributed by atoms with van der Waals surface area (Å²) in [5.74, 6) is 0.487. The number of nitrogens with zero attached hydrogens (tertiary/aromatic N) is 1. The molecule has 0 saturated heterocycles. The van der Waals surface area contributed by atoms with Crippen molar-refractivity contribution in [1.29, 1.82) is 0 Å². The van der Waals surface area contributed by atoms with Gasteiger partial charge in [0.2, 0.25) is 0 Å². The lowest BCUT2D eigenvalue weighted by atomic mass is 10.1. The van der Waals surface area contributed by atoms with E-state index in [2.05, 4.69) is 5.32 Å². The fourth-order valence-electron chi connectivity index (χ4n) is 3.56. The zero-order valence-corrected chi connectivity index (χ0v) is 20.1. The Kier molecular flexibility index (Phi) is 7.48. The Bertz CT molecular complexity index is 1360. The zero-order valence-electron chi connectivity index (χ0n) is 19.3. The maximum absolute atomic E-state index is 13.4. The van der Waals surface area contributed by atoms with Crippen molar-refractivity contribution in [3.8, 4) is 5.75 Å². The minimum Gasteiger partial charge on any atom is -0.494 e. The molecule has 178 valence electrons. The molecule has 0 aromatic heterocycles. The molecule has 0 bridgehead atoms. The molecular weight excluding hydrogens is 460 g/mol. The summed E-state index contributed by atoms with van der Waals surface area (Å²) >= 11 is 0. The van der Waals surface area contributed by atoms with E-state index in [9.17, 15) is 13.2 Å². The number of rotatable bonds is 9. The van der Waals surface area contributed by atoms with E-state index in [0.29, 0.717) is 23.5 Å². The number of ether oxygens (including phenoxy) is 1. The number of para-hydroxylation sites is 1. The predicted molar refractivity (Wildman–Crippen MR) is 138 cm³/mol. The average molecular weight is 487 g/mol. The molecule has 0 spiro atoms. The largest absolute Gasteiger partial charge is 0.494 e. The van der Waals surface area contributed by atoms with Crippen LogP contribution in [0.5, 0.6) is 5.75 Å². The summed E-state index contributed by atoms with van der Waals surface area (Å²) < 4.78 is 33.7. The summed E-state index contributed by atoms with van der Waals surface area (Å²) in [6, 6.07) is 31.4. The molecule has 1 amide bonds. The third-order valence-electron chi connectivity index (χ3n) is 5.34. The molecule has 0 fully saturated rings. The molecule has 0 saturated carbocycles. The summed E-state index contributed by atoms with van der Waals surface area (Å²) in [6.45, 7) is 2.62. The van der Waals surface area contributed by atoms with Crippen molar-refractivity contribution in [2.24, 2.45) is 0 Å². The number of benzene rings is 4. The van der Waals surface area contributed by atoms with E-state index in [1.165, 1.54) is 4.31 Å². The van der Waals surface area contributed by atoms with Gasteiger partial charge in [-0.05, 0) is 73.2 Å². The molecule has 7 heteroatoms. The summed E-state index contributed by atoms with van der Waals surface area (Å²) in [5, 5.41) is 2.86. The molecule has 0 aliphatic rings. The van der Waals surface area contributed by atoms with Gasteiger partial charge >= 0.3 is 0 Å². The molecule has 0 unspecified atom stereocenters. The second kappa shape index (κ2) is 10.9. The highest BCUT2D eigenvalue weighted by Gasteiger charge is 2.25. The summed E-state index contributed by atoms with van der Waals surface area (Å²) in [6.07, 6.45) is 0. The third-order valence-corrected chi connectivity index (χ3v) is 7.13. The highest BCUT2D eigenvalue weighted by molar-refractivity contribution is 7.92. The number of nitrogens with one attached hydrogen (secondary N) is 1. The van der Waals surface area contributed by atoms with Crippen molar-refractivity contribution in [2.45, 2.75) is 18.4 Å². The van der Waals surface area contributed by atoms with Crippen molar-refractivity contribution < 1.29 is 17.9 Å². The smallest absolute Gasteiger partial charge is 0.264 e. The number of sulfonamides is 1. The third kappa shape index (κ3) is 5.88. The maximum atomic E-state index is 13.4. The average Bonchev–Trinajstić information content (AvgIpc) is 2.90. The van der Waals surface area contributed by atoms with Gasteiger partial charge in [0.25, 0.3) is 15.9 Å². The maximum Gasteiger partial charge on any atom is 0.264 e. The van der Waals surface area contributed by atoms with Gasteiger partial charge in [0.1, 0.15) is 5.75 Å². The molecule has 6 nitrogen and oxygen atoms in total. The Hall–Kier alpha value is -4.10. The molecule has 4 aromatic carbocycles. The molecule has 0 radical (unpaired) electrons. The SMILES string of the molecule is CCOc1ccc(NC(=O)c2ccc(CN(c3ccccc3)S(=O)(=O)c3ccccc3)cc2)cc1. The van der Waals surface area contributed by atoms with Crippen LogP contribution in [0.25, 0.3) is 0 Å². The van der Waals surface area contributed by atoms with Crippen LogP contribution in [0.3, 0.4) is 0 Å². The highest BCUT2D eigenvalue weighted by atomic mass is 32.2. The van der Waals surface area contributed by atoms with Gasteiger partial charge in [-0.25, -0.2) is 8.42 Å².